The first-order valence-electron chi connectivity index (χ1n) is 6.12. The van der Waals surface area contributed by atoms with Crippen LogP contribution in [0.4, 0.5) is 10.6 Å². The lowest BCUT2D eigenvalue weighted by atomic mass is 9.80. The summed E-state index contributed by atoms with van der Waals surface area (Å²) < 4.78 is 4.62. The molecule has 2 heterocycles. The number of methoxy groups -OCH3 is 1. The lowest BCUT2D eigenvalue weighted by molar-refractivity contribution is -0.122. The number of rotatable bonds is 1. The minimum absolute atomic E-state index is 0.270. The number of nitrogens with zero attached hydrogens (tertiary/aromatic N) is 2. The molecule has 1 aromatic rings. The van der Waals surface area contributed by atoms with E-state index in [0.717, 1.165) is 18.5 Å². The predicted octanol–water partition coefficient (Wildman–Crippen LogP) is 0.625. The van der Waals surface area contributed by atoms with Crippen molar-refractivity contribution in [1.82, 2.24) is 15.3 Å². The van der Waals surface area contributed by atoms with Crippen LogP contribution >= 0.6 is 0 Å². The molecule has 2 amide bonds. The number of carbonyl (C=O) groups is 2. The van der Waals surface area contributed by atoms with Crippen LogP contribution in [0, 0.1) is 6.92 Å². The summed E-state index contributed by atoms with van der Waals surface area (Å²) in [6, 6.07) is 0. The highest BCUT2D eigenvalue weighted by molar-refractivity contribution is 6.07. The third-order valence-electron chi connectivity index (χ3n) is 3.61. The maximum absolute atomic E-state index is 12.3. The Balaban J connectivity index is 2.16. The third kappa shape index (κ3) is 1.57. The fourth-order valence-electron chi connectivity index (χ4n) is 2.84. The van der Waals surface area contributed by atoms with E-state index in [2.05, 4.69) is 25.3 Å². The van der Waals surface area contributed by atoms with E-state index >= 15 is 0 Å². The van der Waals surface area contributed by atoms with Crippen molar-refractivity contribution in [3.8, 4) is 0 Å². The van der Waals surface area contributed by atoms with Gasteiger partial charge in [0, 0.05) is 0 Å². The fraction of sp³-hybridized carbons (Fsp3) is 0.500. The van der Waals surface area contributed by atoms with Crippen LogP contribution < -0.4 is 10.6 Å². The molecule has 0 fully saturated rings. The van der Waals surface area contributed by atoms with Gasteiger partial charge in [0.2, 0.25) is 0 Å². The van der Waals surface area contributed by atoms with Crippen molar-refractivity contribution in [2.75, 3.05) is 12.4 Å². The van der Waals surface area contributed by atoms with E-state index in [-0.39, 0.29) is 5.91 Å². The van der Waals surface area contributed by atoms with Crippen LogP contribution in [0.15, 0.2) is 0 Å². The van der Waals surface area contributed by atoms with Gasteiger partial charge >= 0.3 is 6.09 Å². The lowest BCUT2D eigenvalue weighted by Crippen LogP contribution is -2.52. The number of anilines is 1. The van der Waals surface area contributed by atoms with Crippen LogP contribution in [0.1, 0.15) is 29.9 Å². The van der Waals surface area contributed by atoms with Crippen molar-refractivity contribution in [3.63, 3.8) is 0 Å². The Morgan fingerprint density at radius 1 is 1.47 bits per heavy atom. The second-order valence-corrected chi connectivity index (χ2v) is 4.77. The highest BCUT2D eigenvalue weighted by Crippen LogP contribution is 2.43. The molecule has 19 heavy (non-hydrogen) atoms. The summed E-state index contributed by atoms with van der Waals surface area (Å²) in [7, 11) is 1.27. The maximum Gasteiger partial charge on any atom is 0.407 e. The molecule has 0 bridgehead atoms. The van der Waals surface area contributed by atoms with Crippen LogP contribution in [0.25, 0.3) is 0 Å². The number of aryl methyl sites for hydroxylation is 2. The first-order valence-corrected chi connectivity index (χ1v) is 6.12. The van der Waals surface area contributed by atoms with Gasteiger partial charge in [-0.15, -0.1) is 0 Å². The molecule has 0 radical (unpaired) electrons. The monoisotopic (exact) mass is 262 g/mol. The largest absolute Gasteiger partial charge is 0.453 e. The summed E-state index contributed by atoms with van der Waals surface area (Å²) >= 11 is 0. The number of ether oxygens (including phenoxy) is 1. The van der Waals surface area contributed by atoms with E-state index in [0.29, 0.717) is 23.6 Å². The molecule has 0 spiro atoms. The molecule has 3 rings (SSSR count). The molecule has 1 aliphatic carbocycles. The molecule has 7 nitrogen and oxygen atoms in total. The summed E-state index contributed by atoms with van der Waals surface area (Å²) in [6.07, 6.45) is 1.46. The number of aromatic nitrogens is 2. The number of nitrogens with one attached hydrogen (secondary N) is 2. The number of alkyl carbamates (subject to hydrolysis) is 1. The van der Waals surface area contributed by atoms with Crippen molar-refractivity contribution < 1.29 is 14.3 Å². The second-order valence-electron chi connectivity index (χ2n) is 4.77. The molecule has 100 valence electrons. The third-order valence-corrected chi connectivity index (χ3v) is 3.61. The molecule has 2 N–H and O–H groups in total. The Labute approximate surface area is 109 Å². The first-order chi connectivity index (χ1) is 9.06. The van der Waals surface area contributed by atoms with Crippen LogP contribution in [-0.4, -0.2) is 29.1 Å². The van der Waals surface area contributed by atoms with E-state index in [4.69, 9.17) is 0 Å². The summed E-state index contributed by atoms with van der Waals surface area (Å²) in [5.74, 6) is 0.849. The topological polar surface area (TPSA) is 93.2 Å². The Bertz CT molecular complexity index is 587. The van der Waals surface area contributed by atoms with Crippen molar-refractivity contribution >= 4 is 17.8 Å². The van der Waals surface area contributed by atoms with Gasteiger partial charge in [-0.2, -0.15) is 0 Å². The molecule has 1 atom stereocenters. The van der Waals surface area contributed by atoms with Gasteiger partial charge in [-0.05, 0) is 26.2 Å². The second kappa shape index (κ2) is 3.91. The fourth-order valence-corrected chi connectivity index (χ4v) is 2.84. The number of amides is 2. The average molecular weight is 262 g/mol. The standard InChI is InChI=1S/C12H14N4O3/c1-6-13-7-4-3-5-12(16-11(18)19-2)8(7)9(14-6)15-10(12)17/h3-5H2,1-2H3,(H,16,18)(H,13,14,15,17). The molecule has 1 unspecified atom stereocenters. The van der Waals surface area contributed by atoms with Gasteiger partial charge in [-0.3, -0.25) is 4.79 Å². The zero-order valence-corrected chi connectivity index (χ0v) is 10.7. The van der Waals surface area contributed by atoms with Gasteiger partial charge in [0.25, 0.3) is 5.91 Å². The Hall–Kier alpha value is -2.18. The zero-order chi connectivity index (χ0) is 13.6. The Kier molecular flexibility index (Phi) is 2.44. The lowest BCUT2D eigenvalue weighted by Gasteiger charge is -2.32. The molecular weight excluding hydrogens is 248 g/mol. The van der Waals surface area contributed by atoms with Gasteiger partial charge in [0.05, 0.1) is 18.4 Å². The molecule has 7 heteroatoms. The van der Waals surface area contributed by atoms with Gasteiger partial charge in [-0.1, -0.05) is 0 Å². The van der Waals surface area contributed by atoms with Gasteiger partial charge in [0.15, 0.2) is 5.54 Å². The molecule has 1 aliphatic heterocycles. The molecule has 1 aromatic heterocycles. The quantitative estimate of drug-likeness (QED) is 0.774. The van der Waals surface area contributed by atoms with Gasteiger partial charge in [-0.25, -0.2) is 14.8 Å². The number of hydrogen-bond acceptors (Lipinski definition) is 5. The molecular formula is C12H14N4O3. The molecule has 0 aromatic carbocycles. The summed E-state index contributed by atoms with van der Waals surface area (Å²) in [6.45, 7) is 1.78. The maximum atomic E-state index is 12.3. The van der Waals surface area contributed by atoms with E-state index in [9.17, 15) is 9.59 Å². The van der Waals surface area contributed by atoms with Crippen molar-refractivity contribution in [1.29, 1.82) is 0 Å². The minimum atomic E-state index is -1.08. The van der Waals surface area contributed by atoms with Crippen LogP contribution in [-0.2, 0) is 21.5 Å². The predicted molar refractivity (Wildman–Crippen MR) is 65.6 cm³/mol. The average Bonchev–Trinajstić information content (AvgIpc) is 2.63. The zero-order valence-electron chi connectivity index (χ0n) is 10.7. The molecule has 0 saturated carbocycles. The van der Waals surface area contributed by atoms with Crippen molar-refractivity contribution in [2.24, 2.45) is 0 Å². The highest BCUT2D eigenvalue weighted by atomic mass is 16.5. The van der Waals surface area contributed by atoms with Gasteiger partial charge in [0.1, 0.15) is 11.6 Å². The van der Waals surface area contributed by atoms with E-state index in [1.165, 1.54) is 7.11 Å². The summed E-state index contributed by atoms with van der Waals surface area (Å²) in [4.78, 5) is 32.4. The normalized spacial score (nSPS) is 23.6. The van der Waals surface area contributed by atoms with Crippen LogP contribution in [0.3, 0.4) is 0 Å². The van der Waals surface area contributed by atoms with E-state index < -0.39 is 11.6 Å². The SMILES string of the molecule is COC(=O)NC12CCCc3nc(C)nc(c31)NC2=O. The first kappa shape index (κ1) is 11.9. The van der Waals surface area contributed by atoms with Crippen molar-refractivity contribution in [2.45, 2.75) is 31.7 Å². The van der Waals surface area contributed by atoms with E-state index in [1.807, 2.05) is 0 Å². The molecule has 0 saturated heterocycles. The number of carbonyl (C=O) groups excluding carboxylic acids is 2. The van der Waals surface area contributed by atoms with E-state index in [1.54, 1.807) is 6.92 Å². The smallest absolute Gasteiger partial charge is 0.407 e. The van der Waals surface area contributed by atoms with Crippen molar-refractivity contribution in [3.05, 3.63) is 17.1 Å². The minimum Gasteiger partial charge on any atom is -0.453 e. The summed E-state index contributed by atoms with van der Waals surface area (Å²) in [5.41, 5.74) is 0.437. The number of hydrogen-bond donors (Lipinski definition) is 2. The summed E-state index contributed by atoms with van der Waals surface area (Å²) in [5, 5.41) is 5.39. The molecule has 2 aliphatic rings. The van der Waals surface area contributed by atoms with Crippen LogP contribution in [0.2, 0.25) is 0 Å². The van der Waals surface area contributed by atoms with Crippen LogP contribution in [0.5, 0.6) is 0 Å². The van der Waals surface area contributed by atoms with Gasteiger partial charge < -0.3 is 15.4 Å². The Morgan fingerprint density at radius 3 is 3.00 bits per heavy atom. The Morgan fingerprint density at radius 2 is 2.26 bits per heavy atom. The highest BCUT2D eigenvalue weighted by Gasteiger charge is 2.52.